The molecule has 0 aromatic heterocycles. The first-order chi connectivity index (χ1) is 11.8. The van der Waals surface area contributed by atoms with E-state index >= 15 is 0 Å². The Morgan fingerprint density at radius 3 is 2.44 bits per heavy atom. The van der Waals surface area contributed by atoms with Gasteiger partial charge in [0.25, 0.3) is 0 Å². The van der Waals surface area contributed by atoms with Crippen molar-refractivity contribution in [3.05, 3.63) is 29.6 Å². The minimum atomic E-state index is -3.59. The minimum absolute atomic E-state index is 0.263. The normalized spacial score (nSPS) is 24.0. The number of fused-ring (bicyclic) bond motifs is 2. The summed E-state index contributed by atoms with van der Waals surface area (Å²) in [5.74, 6) is -0.668. The van der Waals surface area contributed by atoms with Crippen molar-refractivity contribution in [3.63, 3.8) is 0 Å². The molecule has 1 spiro atoms. The molecule has 3 aliphatic rings. The molecular weight excluding hydrogens is 343 g/mol. The second-order valence-corrected chi connectivity index (χ2v) is 10.0. The summed E-state index contributed by atoms with van der Waals surface area (Å²) in [5.41, 5.74) is 0.834. The number of carbonyl (C=O) groups excluding carboxylic acids is 1. The number of nitrogens with zero attached hydrogens (tertiary/aromatic N) is 1. The van der Waals surface area contributed by atoms with Crippen molar-refractivity contribution in [1.82, 2.24) is 5.32 Å². The molecule has 2 aliphatic heterocycles. The van der Waals surface area contributed by atoms with E-state index in [1.54, 1.807) is 17.0 Å². The zero-order valence-electron chi connectivity index (χ0n) is 14.3. The molecule has 1 amide bonds. The molecule has 5 nitrogen and oxygen atoms in total. The van der Waals surface area contributed by atoms with Gasteiger partial charge in [0.05, 0.1) is 5.69 Å². The van der Waals surface area contributed by atoms with Crippen molar-refractivity contribution >= 4 is 21.4 Å². The molecule has 2 heterocycles. The number of sulfone groups is 1. The van der Waals surface area contributed by atoms with Gasteiger partial charge in [-0.2, -0.15) is 0 Å². The Hall–Kier alpha value is -1.47. The largest absolute Gasteiger partial charge is 0.317 e. The number of nitrogens with one attached hydrogen (secondary N) is 1. The molecular formula is C18H23FN2O3S. The molecule has 1 saturated carbocycles. The number of piperidine rings is 1. The molecule has 136 valence electrons. The Morgan fingerprint density at radius 1 is 1.20 bits per heavy atom. The Balaban J connectivity index is 1.80. The number of hydrogen-bond donors (Lipinski definition) is 1. The molecule has 0 atom stereocenters. The maximum Gasteiger partial charge on any atom is 0.248 e. The summed E-state index contributed by atoms with van der Waals surface area (Å²) < 4.78 is 38.3. The summed E-state index contributed by atoms with van der Waals surface area (Å²) in [6.07, 6.45) is 4.38. The van der Waals surface area contributed by atoms with Crippen LogP contribution in [0.5, 0.6) is 0 Å². The van der Waals surface area contributed by atoms with Gasteiger partial charge < -0.3 is 10.2 Å². The predicted octanol–water partition coefficient (Wildman–Crippen LogP) is 1.76. The average molecular weight is 366 g/mol. The molecule has 0 unspecified atom stereocenters. The number of benzene rings is 1. The van der Waals surface area contributed by atoms with Crippen LogP contribution < -0.4 is 10.2 Å². The Labute approximate surface area is 147 Å². The van der Waals surface area contributed by atoms with E-state index in [1.165, 1.54) is 6.07 Å². The van der Waals surface area contributed by atoms with Gasteiger partial charge in [0, 0.05) is 23.8 Å². The molecule has 1 saturated heterocycles. The number of amides is 1. The van der Waals surface area contributed by atoms with E-state index in [9.17, 15) is 17.6 Å². The zero-order valence-corrected chi connectivity index (χ0v) is 15.2. The molecule has 1 aliphatic carbocycles. The van der Waals surface area contributed by atoms with Crippen LogP contribution in [0, 0.1) is 5.82 Å². The van der Waals surface area contributed by atoms with Crippen molar-refractivity contribution in [1.29, 1.82) is 0 Å². The highest BCUT2D eigenvalue weighted by Crippen LogP contribution is 2.54. The van der Waals surface area contributed by atoms with Gasteiger partial charge in [-0.3, -0.25) is 4.79 Å². The van der Waals surface area contributed by atoms with Gasteiger partial charge in [-0.15, -0.1) is 0 Å². The van der Waals surface area contributed by atoms with E-state index in [4.69, 9.17) is 0 Å². The van der Waals surface area contributed by atoms with Gasteiger partial charge in [0.1, 0.15) is 5.82 Å². The molecule has 4 rings (SSSR count). The summed E-state index contributed by atoms with van der Waals surface area (Å²) in [4.78, 5) is 15.0. The fourth-order valence-corrected chi connectivity index (χ4v) is 6.12. The SMILES string of the molecule is CS(=O)(=O)C1(C(=O)N2CC3(CCC3)c3c(F)cccc32)CCNCC1. The highest BCUT2D eigenvalue weighted by molar-refractivity contribution is 7.92. The summed E-state index contributed by atoms with van der Waals surface area (Å²) in [5, 5.41) is 3.13. The second-order valence-electron chi connectivity index (χ2n) is 7.68. The molecule has 1 aromatic carbocycles. The number of halogens is 1. The molecule has 1 N–H and O–H groups in total. The summed E-state index contributed by atoms with van der Waals surface area (Å²) in [7, 11) is -3.59. The third-order valence-electron chi connectivity index (χ3n) is 6.34. The van der Waals surface area contributed by atoms with Crippen LogP contribution in [0.25, 0.3) is 0 Å². The van der Waals surface area contributed by atoms with E-state index in [1.807, 2.05) is 0 Å². The lowest BCUT2D eigenvalue weighted by molar-refractivity contribution is -0.121. The first-order valence-corrected chi connectivity index (χ1v) is 10.7. The molecule has 25 heavy (non-hydrogen) atoms. The summed E-state index contributed by atoms with van der Waals surface area (Å²) in [6.45, 7) is 1.38. The van der Waals surface area contributed by atoms with Crippen molar-refractivity contribution in [3.8, 4) is 0 Å². The smallest absolute Gasteiger partial charge is 0.248 e. The van der Waals surface area contributed by atoms with Gasteiger partial charge in [0.15, 0.2) is 14.6 Å². The second kappa shape index (κ2) is 5.51. The summed E-state index contributed by atoms with van der Waals surface area (Å²) >= 11 is 0. The number of carbonyl (C=O) groups is 1. The van der Waals surface area contributed by atoms with E-state index in [0.717, 1.165) is 25.5 Å². The number of anilines is 1. The number of rotatable bonds is 2. The monoisotopic (exact) mass is 366 g/mol. The lowest BCUT2D eigenvalue weighted by Crippen LogP contribution is -2.59. The molecule has 7 heteroatoms. The first-order valence-electron chi connectivity index (χ1n) is 8.82. The van der Waals surface area contributed by atoms with Gasteiger partial charge in [-0.1, -0.05) is 12.5 Å². The van der Waals surface area contributed by atoms with Gasteiger partial charge >= 0.3 is 0 Å². The predicted molar refractivity (Wildman–Crippen MR) is 94.0 cm³/mol. The van der Waals surface area contributed by atoms with Crippen LogP contribution in [0.4, 0.5) is 10.1 Å². The van der Waals surface area contributed by atoms with Crippen molar-refractivity contribution in [2.24, 2.45) is 0 Å². The third-order valence-corrected chi connectivity index (χ3v) is 8.34. The molecule has 1 aromatic rings. The summed E-state index contributed by atoms with van der Waals surface area (Å²) in [6, 6.07) is 4.78. The molecule has 2 fully saturated rings. The lowest BCUT2D eigenvalue weighted by atomic mass is 9.65. The van der Waals surface area contributed by atoms with Crippen molar-refractivity contribution in [2.75, 3.05) is 30.8 Å². The van der Waals surface area contributed by atoms with E-state index in [-0.39, 0.29) is 30.0 Å². The Morgan fingerprint density at radius 2 is 1.88 bits per heavy atom. The van der Waals surface area contributed by atoms with E-state index in [2.05, 4.69) is 5.32 Å². The Kier molecular flexibility index (Phi) is 3.74. The average Bonchev–Trinajstić information content (AvgIpc) is 2.91. The van der Waals surface area contributed by atoms with Crippen LogP contribution in [-0.2, 0) is 20.0 Å². The topological polar surface area (TPSA) is 66.5 Å². The van der Waals surface area contributed by atoms with Crippen molar-refractivity contribution < 1.29 is 17.6 Å². The van der Waals surface area contributed by atoms with Crippen LogP contribution in [0.3, 0.4) is 0 Å². The maximum atomic E-state index is 14.5. The lowest BCUT2D eigenvalue weighted by Gasteiger charge is -2.41. The Bertz CT molecular complexity index is 827. The maximum absolute atomic E-state index is 14.5. The number of hydrogen-bond acceptors (Lipinski definition) is 4. The zero-order chi connectivity index (χ0) is 17.9. The van der Waals surface area contributed by atoms with E-state index in [0.29, 0.717) is 30.9 Å². The van der Waals surface area contributed by atoms with Gasteiger partial charge in [-0.05, 0) is 50.9 Å². The highest BCUT2D eigenvalue weighted by Gasteiger charge is 2.56. The van der Waals surface area contributed by atoms with Crippen LogP contribution in [0.2, 0.25) is 0 Å². The van der Waals surface area contributed by atoms with Crippen LogP contribution >= 0.6 is 0 Å². The third kappa shape index (κ3) is 2.28. The van der Waals surface area contributed by atoms with E-state index < -0.39 is 14.6 Å². The van der Waals surface area contributed by atoms with Gasteiger partial charge in [0.2, 0.25) is 5.91 Å². The van der Waals surface area contributed by atoms with Crippen LogP contribution in [0.15, 0.2) is 18.2 Å². The van der Waals surface area contributed by atoms with Gasteiger partial charge in [-0.25, -0.2) is 12.8 Å². The van der Waals surface area contributed by atoms with Crippen LogP contribution in [-0.4, -0.2) is 45.0 Å². The highest BCUT2D eigenvalue weighted by atomic mass is 32.2. The quantitative estimate of drug-likeness (QED) is 0.866. The van der Waals surface area contributed by atoms with Crippen molar-refractivity contribution in [2.45, 2.75) is 42.3 Å². The molecule has 0 radical (unpaired) electrons. The minimum Gasteiger partial charge on any atom is -0.317 e. The van der Waals surface area contributed by atoms with Crippen LogP contribution in [0.1, 0.15) is 37.7 Å². The standard InChI is InChI=1S/C18H23FN2O3S/c1-25(23,24)18(8-10-20-11-9-18)16(22)21-12-17(6-3-7-17)15-13(19)4-2-5-14(15)21/h2,4-5,20H,3,6-12H2,1H3. The first kappa shape index (κ1) is 17.0. The fraction of sp³-hybridized carbons (Fsp3) is 0.611. The molecule has 0 bridgehead atoms. The fourth-order valence-electron chi connectivity index (χ4n) is 4.74.